The summed E-state index contributed by atoms with van der Waals surface area (Å²) >= 11 is 0. The molecule has 0 aliphatic heterocycles. The van der Waals surface area contributed by atoms with Crippen molar-refractivity contribution in [3.8, 4) is 5.75 Å². The molecule has 2 atom stereocenters. The molecule has 15 heavy (non-hydrogen) atoms. The third-order valence-corrected chi connectivity index (χ3v) is 3.10. The minimum absolute atomic E-state index is 0.0834. The summed E-state index contributed by atoms with van der Waals surface area (Å²) < 4.78 is 5.19. The first-order chi connectivity index (χ1) is 7.06. The van der Waals surface area contributed by atoms with Gasteiger partial charge in [0.2, 0.25) is 0 Å². The molecule has 0 fully saturated rings. The molecule has 0 aliphatic rings. The van der Waals surface area contributed by atoms with Crippen molar-refractivity contribution in [2.24, 2.45) is 17.6 Å². The van der Waals surface area contributed by atoms with Crippen LogP contribution in [-0.2, 0) is 0 Å². The molecule has 1 aromatic carbocycles. The van der Waals surface area contributed by atoms with E-state index in [9.17, 15) is 0 Å². The summed E-state index contributed by atoms with van der Waals surface area (Å²) in [6.07, 6.45) is 0. The topological polar surface area (TPSA) is 35.2 Å². The third-order valence-electron chi connectivity index (χ3n) is 3.10. The Morgan fingerprint density at radius 1 is 1.20 bits per heavy atom. The fraction of sp³-hybridized carbons (Fsp3) is 0.538. The number of benzene rings is 1. The summed E-state index contributed by atoms with van der Waals surface area (Å²) in [6, 6.07) is 8.09. The second kappa shape index (κ2) is 5.17. The Balaban J connectivity index is 2.85. The Labute approximate surface area is 92.4 Å². The molecule has 0 aliphatic carbocycles. The molecule has 0 aromatic heterocycles. The van der Waals surface area contributed by atoms with Crippen molar-refractivity contribution in [1.29, 1.82) is 0 Å². The second-order valence-electron chi connectivity index (χ2n) is 4.41. The quantitative estimate of drug-likeness (QED) is 0.823. The van der Waals surface area contributed by atoms with Gasteiger partial charge in [-0.25, -0.2) is 0 Å². The van der Waals surface area contributed by atoms with Crippen LogP contribution < -0.4 is 10.5 Å². The zero-order valence-electron chi connectivity index (χ0n) is 10.0. The second-order valence-corrected chi connectivity index (χ2v) is 4.41. The van der Waals surface area contributed by atoms with Crippen molar-refractivity contribution < 1.29 is 4.74 Å². The lowest BCUT2D eigenvalue weighted by molar-refractivity contribution is 0.350. The minimum Gasteiger partial charge on any atom is -0.497 e. The van der Waals surface area contributed by atoms with Crippen LogP contribution in [0.1, 0.15) is 32.4 Å². The highest BCUT2D eigenvalue weighted by atomic mass is 16.5. The van der Waals surface area contributed by atoms with Crippen molar-refractivity contribution in [2.45, 2.75) is 26.8 Å². The van der Waals surface area contributed by atoms with Gasteiger partial charge in [-0.3, -0.25) is 0 Å². The van der Waals surface area contributed by atoms with Crippen molar-refractivity contribution in [3.63, 3.8) is 0 Å². The molecule has 0 spiro atoms. The lowest BCUT2D eigenvalue weighted by Gasteiger charge is -2.23. The average Bonchev–Trinajstić information content (AvgIpc) is 2.27. The van der Waals surface area contributed by atoms with E-state index in [1.54, 1.807) is 7.11 Å². The fourth-order valence-electron chi connectivity index (χ4n) is 1.57. The van der Waals surface area contributed by atoms with Gasteiger partial charge >= 0.3 is 0 Å². The molecule has 2 heteroatoms. The van der Waals surface area contributed by atoms with Crippen LogP contribution in [0.15, 0.2) is 24.3 Å². The van der Waals surface area contributed by atoms with E-state index in [2.05, 4.69) is 26.8 Å². The largest absolute Gasteiger partial charge is 0.497 e. The maximum absolute atomic E-state index is 6.21. The number of rotatable bonds is 4. The van der Waals surface area contributed by atoms with Gasteiger partial charge in [-0.15, -0.1) is 0 Å². The molecule has 0 heterocycles. The molecule has 0 radical (unpaired) electrons. The summed E-state index contributed by atoms with van der Waals surface area (Å²) in [4.78, 5) is 0. The molecule has 2 unspecified atom stereocenters. The van der Waals surface area contributed by atoms with E-state index in [1.807, 2.05) is 18.2 Å². The van der Waals surface area contributed by atoms with E-state index in [1.165, 1.54) is 0 Å². The smallest absolute Gasteiger partial charge is 0.119 e. The lowest BCUT2D eigenvalue weighted by Crippen LogP contribution is -2.23. The first kappa shape index (κ1) is 12.1. The predicted octanol–water partition coefficient (Wildman–Crippen LogP) is 2.99. The van der Waals surface area contributed by atoms with Crippen LogP contribution in [0.3, 0.4) is 0 Å². The SMILES string of the molecule is COc1cccc(C(N)C(C)C(C)C)c1. The molecule has 0 saturated carbocycles. The molecule has 84 valence electrons. The van der Waals surface area contributed by atoms with Gasteiger partial charge in [-0.2, -0.15) is 0 Å². The molecular weight excluding hydrogens is 186 g/mol. The Kier molecular flexibility index (Phi) is 4.15. The van der Waals surface area contributed by atoms with Crippen molar-refractivity contribution in [3.05, 3.63) is 29.8 Å². The predicted molar refractivity (Wildman–Crippen MR) is 63.9 cm³/mol. The van der Waals surface area contributed by atoms with Gasteiger partial charge in [-0.05, 0) is 29.5 Å². The van der Waals surface area contributed by atoms with E-state index in [0.29, 0.717) is 11.8 Å². The molecule has 1 aromatic rings. The van der Waals surface area contributed by atoms with E-state index < -0.39 is 0 Å². The molecule has 0 saturated heterocycles. The van der Waals surface area contributed by atoms with Crippen LogP contribution in [0.5, 0.6) is 5.75 Å². The Hall–Kier alpha value is -1.02. The normalized spacial score (nSPS) is 15.1. The maximum atomic E-state index is 6.21. The maximum Gasteiger partial charge on any atom is 0.119 e. The van der Waals surface area contributed by atoms with Crippen molar-refractivity contribution >= 4 is 0 Å². The van der Waals surface area contributed by atoms with Crippen LogP contribution in [0, 0.1) is 11.8 Å². The van der Waals surface area contributed by atoms with Gasteiger partial charge < -0.3 is 10.5 Å². The summed E-state index contributed by atoms with van der Waals surface area (Å²) in [7, 11) is 1.68. The van der Waals surface area contributed by atoms with Gasteiger partial charge in [0.15, 0.2) is 0 Å². The number of methoxy groups -OCH3 is 1. The highest BCUT2D eigenvalue weighted by Gasteiger charge is 2.18. The van der Waals surface area contributed by atoms with E-state index in [-0.39, 0.29) is 6.04 Å². The standard InChI is InChI=1S/C13H21NO/c1-9(2)10(3)13(14)11-6-5-7-12(8-11)15-4/h5-10,13H,14H2,1-4H3. The summed E-state index contributed by atoms with van der Waals surface area (Å²) in [5.41, 5.74) is 7.36. The van der Waals surface area contributed by atoms with Crippen LogP contribution in [0.25, 0.3) is 0 Å². The van der Waals surface area contributed by atoms with Crippen LogP contribution >= 0.6 is 0 Å². The fourth-order valence-corrected chi connectivity index (χ4v) is 1.57. The van der Waals surface area contributed by atoms with E-state index in [0.717, 1.165) is 11.3 Å². The number of hydrogen-bond donors (Lipinski definition) is 1. The van der Waals surface area contributed by atoms with Crippen molar-refractivity contribution in [1.82, 2.24) is 0 Å². The molecule has 2 nitrogen and oxygen atoms in total. The van der Waals surface area contributed by atoms with Crippen LogP contribution in [0.4, 0.5) is 0 Å². The average molecular weight is 207 g/mol. The lowest BCUT2D eigenvalue weighted by atomic mass is 9.87. The van der Waals surface area contributed by atoms with Crippen molar-refractivity contribution in [2.75, 3.05) is 7.11 Å². The van der Waals surface area contributed by atoms with Crippen LogP contribution in [0.2, 0.25) is 0 Å². The first-order valence-electron chi connectivity index (χ1n) is 5.45. The Morgan fingerprint density at radius 2 is 1.87 bits per heavy atom. The van der Waals surface area contributed by atoms with Gasteiger partial charge in [0.1, 0.15) is 5.75 Å². The van der Waals surface area contributed by atoms with Gasteiger partial charge in [0.25, 0.3) is 0 Å². The van der Waals surface area contributed by atoms with Gasteiger partial charge in [0.05, 0.1) is 7.11 Å². The molecule has 1 rings (SSSR count). The summed E-state index contributed by atoms with van der Waals surface area (Å²) in [5.74, 6) is 1.93. The van der Waals surface area contributed by atoms with E-state index in [4.69, 9.17) is 10.5 Å². The molecular formula is C13H21NO. The highest BCUT2D eigenvalue weighted by Crippen LogP contribution is 2.27. The summed E-state index contributed by atoms with van der Waals surface area (Å²) in [5, 5.41) is 0. The zero-order chi connectivity index (χ0) is 11.4. The monoisotopic (exact) mass is 207 g/mol. The zero-order valence-corrected chi connectivity index (χ0v) is 10.0. The number of nitrogens with two attached hydrogens (primary N) is 1. The molecule has 2 N–H and O–H groups in total. The Morgan fingerprint density at radius 3 is 2.40 bits per heavy atom. The van der Waals surface area contributed by atoms with E-state index >= 15 is 0 Å². The summed E-state index contributed by atoms with van der Waals surface area (Å²) in [6.45, 7) is 6.59. The molecule has 0 bridgehead atoms. The van der Waals surface area contributed by atoms with Crippen LogP contribution in [-0.4, -0.2) is 7.11 Å². The number of ether oxygens (including phenoxy) is 1. The third kappa shape index (κ3) is 2.96. The Bertz CT molecular complexity index is 309. The minimum atomic E-state index is 0.0834. The first-order valence-corrected chi connectivity index (χ1v) is 5.45. The number of hydrogen-bond acceptors (Lipinski definition) is 2. The van der Waals surface area contributed by atoms with Gasteiger partial charge in [-0.1, -0.05) is 32.9 Å². The highest BCUT2D eigenvalue weighted by molar-refractivity contribution is 5.30. The molecule has 0 amide bonds. The van der Waals surface area contributed by atoms with Gasteiger partial charge in [0, 0.05) is 6.04 Å².